The van der Waals surface area contributed by atoms with Crippen LogP contribution in [-0.4, -0.2) is 38.7 Å². The average Bonchev–Trinajstić information content (AvgIpc) is 2.24. The van der Waals surface area contributed by atoms with Crippen molar-refractivity contribution in [1.29, 1.82) is 0 Å². The first-order valence-corrected chi connectivity index (χ1v) is 10.3. The predicted molar refractivity (Wildman–Crippen MR) is 84.2 cm³/mol. The van der Waals surface area contributed by atoms with Gasteiger partial charge in [0.25, 0.3) is 0 Å². The maximum absolute atomic E-state index is 11.8. The summed E-state index contributed by atoms with van der Waals surface area (Å²) >= 11 is 0. The van der Waals surface area contributed by atoms with Crippen molar-refractivity contribution in [2.45, 2.75) is 71.7 Å². The molecule has 0 aromatic carbocycles. The Morgan fingerprint density at radius 1 is 1.25 bits per heavy atom. The highest BCUT2D eigenvalue weighted by molar-refractivity contribution is 6.74. The summed E-state index contributed by atoms with van der Waals surface area (Å²) in [6.45, 7) is 15.2. The van der Waals surface area contributed by atoms with E-state index in [-0.39, 0.29) is 30.1 Å². The molecule has 1 N–H and O–H groups in total. The predicted octanol–water partition coefficient (Wildman–Crippen LogP) is 3.35. The van der Waals surface area contributed by atoms with Gasteiger partial charge in [-0.15, -0.1) is 0 Å². The molecule has 0 unspecified atom stereocenters. The number of esters is 1. The quantitative estimate of drug-likeness (QED) is 0.552. The Balaban J connectivity index is 4.54. The van der Waals surface area contributed by atoms with Crippen LogP contribution in [0.4, 0.5) is 0 Å². The third kappa shape index (κ3) is 7.41. The van der Waals surface area contributed by atoms with Gasteiger partial charge in [0.1, 0.15) is 0 Å². The number of hydrogen-bond donors (Lipinski definition) is 1. The van der Waals surface area contributed by atoms with Crippen molar-refractivity contribution in [1.82, 2.24) is 0 Å². The standard InChI is InChI=1S/C15H32O4Si/c1-12(2)11-18-14(17)10-13(8-9-16)19-20(6,7)15(3,4)5/h12-13,16H,8-11H2,1-7H3/t13-/m0/s1. The summed E-state index contributed by atoms with van der Waals surface area (Å²) < 4.78 is 11.4. The Bertz CT molecular complexity index is 295. The molecule has 0 bridgehead atoms. The maximum atomic E-state index is 11.8. The summed E-state index contributed by atoms with van der Waals surface area (Å²) in [5.41, 5.74) is 0. The molecule has 0 spiro atoms. The molecule has 120 valence electrons. The van der Waals surface area contributed by atoms with Gasteiger partial charge in [-0.25, -0.2) is 0 Å². The molecule has 0 heterocycles. The van der Waals surface area contributed by atoms with Crippen LogP contribution in [0, 0.1) is 5.92 Å². The van der Waals surface area contributed by atoms with E-state index in [2.05, 4.69) is 33.9 Å². The molecule has 0 saturated carbocycles. The number of aliphatic hydroxyl groups excluding tert-OH is 1. The minimum Gasteiger partial charge on any atom is -0.465 e. The molecule has 0 aromatic rings. The number of aliphatic hydroxyl groups is 1. The van der Waals surface area contributed by atoms with Crippen LogP contribution in [0.15, 0.2) is 0 Å². The lowest BCUT2D eigenvalue weighted by Gasteiger charge is -2.39. The van der Waals surface area contributed by atoms with Gasteiger partial charge in [0.15, 0.2) is 8.32 Å². The van der Waals surface area contributed by atoms with Gasteiger partial charge in [0.2, 0.25) is 0 Å². The van der Waals surface area contributed by atoms with E-state index < -0.39 is 8.32 Å². The second kappa shape index (κ2) is 8.15. The monoisotopic (exact) mass is 304 g/mol. The zero-order valence-corrected chi connectivity index (χ0v) is 15.2. The fraction of sp³-hybridized carbons (Fsp3) is 0.933. The molecule has 4 nitrogen and oxygen atoms in total. The second-order valence-electron chi connectivity index (χ2n) is 7.29. The fourth-order valence-corrected chi connectivity index (χ4v) is 2.83. The van der Waals surface area contributed by atoms with Crippen molar-refractivity contribution >= 4 is 14.3 Å². The van der Waals surface area contributed by atoms with Gasteiger partial charge < -0.3 is 14.3 Å². The Morgan fingerprint density at radius 2 is 1.80 bits per heavy atom. The average molecular weight is 305 g/mol. The van der Waals surface area contributed by atoms with Gasteiger partial charge in [-0.05, 0) is 30.5 Å². The van der Waals surface area contributed by atoms with Crippen LogP contribution in [0.5, 0.6) is 0 Å². The van der Waals surface area contributed by atoms with E-state index in [1.807, 2.05) is 13.8 Å². The van der Waals surface area contributed by atoms with E-state index >= 15 is 0 Å². The maximum Gasteiger partial charge on any atom is 0.308 e. The second-order valence-corrected chi connectivity index (χ2v) is 12.0. The van der Waals surface area contributed by atoms with Crippen molar-refractivity contribution in [2.75, 3.05) is 13.2 Å². The first-order valence-electron chi connectivity index (χ1n) is 7.44. The lowest BCUT2D eigenvalue weighted by Crippen LogP contribution is -2.44. The number of rotatable bonds is 8. The van der Waals surface area contributed by atoms with Crippen LogP contribution in [0.2, 0.25) is 18.1 Å². The van der Waals surface area contributed by atoms with E-state index in [1.54, 1.807) is 0 Å². The van der Waals surface area contributed by atoms with E-state index in [1.165, 1.54) is 0 Å². The Morgan fingerprint density at radius 3 is 2.20 bits per heavy atom. The molecule has 0 aromatic heterocycles. The molecule has 0 amide bonds. The van der Waals surface area contributed by atoms with Crippen LogP contribution in [-0.2, 0) is 14.0 Å². The summed E-state index contributed by atoms with van der Waals surface area (Å²) in [7, 11) is -1.94. The highest BCUT2D eigenvalue weighted by Crippen LogP contribution is 2.37. The van der Waals surface area contributed by atoms with Gasteiger partial charge in [0.05, 0.1) is 19.1 Å². The van der Waals surface area contributed by atoms with E-state index in [0.717, 1.165) is 0 Å². The summed E-state index contributed by atoms with van der Waals surface area (Å²) in [6.07, 6.45) is 0.448. The largest absolute Gasteiger partial charge is 0.465 e. The summed E-state index contributed by atoms with van der Waals surface area (Å²) in [5.74, 6) is 0.0902. The van der Waals surface area contributed by atoms with Gasteiger partial charge >= 0.3 is 5.97 Å². The molecule has 0 aliphatic carbocycles. The smallest absolute Gasteiger partial charge is 0.308 e. The van der Waals surface area contributed by atoms with E-state index in [0.29, 0.717) is 18.9 Å². The zero-order chi connectivity index (χ0) is 16.0. The van der Waals surface area contributed by atoms with Gasteiger partial charge in [0, 0.05) is 6.61 Å². The molecule has 0 aliphatic heterocycles. The topological polar surface area (TPSA) is 55.8 Å². The summed E-state index contributed by atoms with van der Waals surface area (Å²) in [5, 5.41) is 9.24. The van der Waals surface area contributed by atoms with Crippen LogP contribution < -0.4 is 0 Å². The molecular formula is C15H32O4Si. The molecule has 5 heteroatoms. The fourth-order valence-electron chi connectivity index (χ4n) is 1.44. The molecule has 0 aliphatic rings. The first-order chi connectivity index (χ1) is 8.99. The van der Waals surface area contributed by atoms with Crippen molar-refractivity contribution < 1.29 is 19.1 Å². The minimum atomic E-state index is -1.94. The number of carbonyl (C=O) groups is 1. The molecule has 1 atom stereocenters. The van der Waals surface area contributed by atoms with E-state index in [4.69, 9.17) is 14.3 Å². The Hall–Kier alpha value is -0.393. The van der Waals surface area contributed by atoms with Crippen molar-refractivity contribution in [3.8, 4) is 0 Å². The summed E-state index contributed by atoms with van der Waals surface area (Å²) in [4.78, 5) is 11.8. The third-order valence-corrected chi connectivity index (χ3v) is 8.23. The SMILES string of the molecule is CC(C)COC(=O)C[C@H](CCO)O[Si](C)(C)C(C)(C)C. The third-order valence-electron chi connectivity index (χ3n) is 3.69. The molecule has 20 heavy (non-hydrogen) atoms. The van der Waals surface area contributed by atoms with E-state index in [9.17, 15) is 4.79 Å². The first kappa shape index (κ1) is 19.6. The lowest BCUT2D eigenvalue weighted by molar-refractivity contribution is -0.146. The van der Waals surface area contributed by atoms with Gasteiger partial charge in [-0.3, -0.25) is 4.79 Å². The van der Waals surface area contributed by atoms with Crippen LogP contribution in [0.3, 0.4) is 0 Å². The Labute approximate surface area is 125 Å². The number of hydrogen-bond acceptors (Lipinski definition) is 4. The number of ether oxygens (including phenoxy) is 1. The van der Waals surface area contributed by atoms with Crippen molar-refractivity contribution in [3.05, 3.63) is 0 Å². The summed E-state index contributed by atoms with van der Waals surface area (Å²) in [6, 6.07) is 0. The van der Waals surface area contributed by atoms with Crippen molar-refractivity contribution in [3.63, 3.8) is 0 Å². The minimum absolute atomic E-state index is 0.0246. The number of carbonyl (C=O) groups excluding carboxylic acids is 1. The van der Waals surface area contributed by atoms with Crippen molar-refractivity contribution in [2.24, 2.45) is 5.92 Å². The highest BCUT2D eigenvalue weighted by Gasteiger charge is 2.39. The zero-order valence-electron chi connectivity index (χ0n) is 14.2. The molecule has 0 fully saturated rings. The molecule has 0 rings (SSSR count). The van der Waals surface area contributed by atoms with Crippen LogP contribution in [0.25, 0.3) is 0 Å². The molecular weight excluding hydrogens is 272 g/mol. The molecule has 0 saturated heterocycles. The highest BCUT2D eigenvalue weighted by atomic mass is 28.4. The Kier molecular flexibility index (Phi) is 7.99. The van der Waals surface area contributed by atoms with Crippen LogP contribution in [0.1, 0.15) is 47.5 Å². The van der Waals surface area contributed by atoms with Crippen LogP contribution >= 0.6 is 0 Å². The van der Waals surface area contributed by atoms with Gasteiger partial charge in [-0.2, -0.15) is 0 Å². The normalized spacial score (nSPS) is 14.4. The lowest BCUT2D eigenvalue weighted by atomic mass is 10.2. The van der Waals surface area contributed by atoms with Gasteiger partial charge in [-0.1, -0.05) is 34.6 Å². The molecule has 0 radical (unpaired) electrons.